The average molecular weight is 263 g/mol. The Balaban J connectivity index is 2.68. The van der Waals surface area contributed by atoms with E-state index in [2.05, 4.69) is 5.32 Å². The number of ketones is 1. The molecular formula is C14H17NO4. The zero-order valence-corrected chi connectivity index (χ0v) is 10.8. The van der Waals surface area contributed by atoms with Gasteiger partial charge < -0.3 is 10.4 Å². The summed E-state index contributed by atoms with van der Waals surface area (Å²) >= 11 is 0. The molecule has 1 aromatic carbocycles. The Bertz CT molecular complexity index is 456. The Morgan fingerprint density at radius 1 is 1.16 bits per heavy atom. The van der Waals surface area contributed by atoms with Crippen LogP contribution in [-0.2, 0) is 20.8 Å². The molecule has 0 bridgehead atoms. The second kappa shape index (κ2) is 7.31. The molecule has 0 aliphatic rings. The number of rotatable bonds is 7. The zero-order valence-electron chi connectivity index (χ0n) is 10.8. The second-order valence-corrected chi connectivity index (χ2v) is 4.30. The summed E-state index contributed by atoms with van der Waals surface area (Å²) in [5, 5.41) is 11.1. The van der Waals surface area contributed by atoms with Gasteiger partial charge in [-0.25, -0.2) is 0 Å². The van der Waals surface area contributed by atoms with E-state index in [0.29, 0.717) is 6.42 Å². The highest BCUT2D eigenvalue weighted by Crippen LogP contribution is 2.06. The molecule has 0 saturated carbocycles. The number of nitrogens with one attached hydrogen (secondary N) is 1. The number of amides is 1. The molecule has 1 atom stereocenters. The van der Waals surface area contributed by atoms with Crippen LogP contribution in [0.1, 0.15) is 25.3 Å². The summed E-state index contributed by atoms with van der Waals surface area (Å²) in [5.41, 5.74) is 0.921. The molecule has 0 heterocycles. The summed E-state index contributed by atoms with van der Waals surface area (Å²) < 4.78 is 0. The van der Waals surface area contributed by atoms with Crippen LogP contribution in [-0.4, -0.2) is 28.8 Å². The standard InChI is InChI=1S/C14H17NO4/c1-10(16)15-12(13(17)7-8-14(18)19)9-11-5-3-2-4-6-11/h2-6,12H,7-9H2,1H3,(H,15,16)(H,18,19)/t12-/m1/s1. The summed E-state index contributed by atoms with van der Waals surface area (Å²) in [5.74, 6) is -1.58. The maximum atomic E-state index is 11.9. The van der Waals surface area contributed by atoms with Gasteiger partial charge in [0.1, 0.15) is 0 Å². The Labute approximate surface area is 111 Å². The van der Waals surface area contributed by atoms with Gasteiger partial charge in [-0.3, -0.25) is 14.4 Å². The Kier molecular flexibility index (Phi) is 5.73. The smallest absolute Gasteiger partial charge is 0.303 e. The normalized spacial score (nSPS) is 11.6. The number of carbonyl (C=O) groups is 3. The van der Waals surface area contributed by atoms with Crippen LogP contribution >= 0.6 is 0 Å². The number of carboxylic acid groups (broad SMARTS) is 1. The molecule has 0 unspecified atom stereocenters. The quantitative estimate of drug-likeness (QED) is 0.773. The van der Waals surface area contributed by atoms with Crippen LogP contribution in [0, 0.1) is 0 Å². The lowest BCUT2D eigenvalue weighted by Gasteiger charge is -2.16. The van der Waals surface area contributed by atoms with Crippen LogP contribution < -0.4 is 5.32 Å². The summed E-state index contributed by atoms with van der Waals surface area (Å²) in [6, 6.07) is 8.62. The third-order valence-electron chi connectivity index (χ3n) is 2.63. The first-order valence-electron chi connectivity index (χ1n) is 6.04. The Hall–Kier alpha value is -2.17. The number of carbonyl (C=O) groups excluding carboxylic acids is 2. The molecule has 0 aliphatic carbocycles. The predicted molar refractivity (Wildman–Crippen MR) is 69.6 cm³/mol. The molecule has 1 amide bonds. The number of hydrogen-bond acceptors (Lipinski definition) is 3. The number of carboxylic acids is 1. The molecule has 5 nitrogen and oxygen atoms in total. The van der Waals surface area contributed by atoms with Gasteiger partial charge >= 0.3 is 5.97 Å². The van der Waals surface area contributed by atoms with Gasteiger partial charge in [-0.05, 0) is 12.0 Å². The third-order valence-corrected chi connectivity index (χ3v) is 2.63. The van der Waals surface area contributed by atoms with E-state index in [9.17, 15) is 14.4 Å². The number of Topliss-reactive ketones (excluding diaryl/α,β-unsaturated/α-hetero) is 1. The molecule has 0 aliphatic heterocycles. The molecule has 19 heavy (non-hydrogen) atoms. The minimum atomic E-state index is -1.02. The van der Waals surface area contributed by atoms with Crippen molar-refractivity contribution < 1.29 is 19.5 Å². The van der Waals surface area contributed by atoms with Crippen molar-refractivity contribution in [3.63, 3.8) is 0 Å². The maximum Gasteiger partial charge on any atom is 0.303 e. The molecule has 1 aromatic rings. The van der Waals surface area contributed by atoms with Crippen molar-refractivity contribution in [1.82, 2.24) is 5.32 Å². The van der Waals surface area contributed by atoms with E-state index in [1.165, 1.54) is 6.92 Å². The molecular weight excluding hydrogens is 246 g/mol. The van der Waals surface area contributed by atoms with E-state index in [0.717, 1.165) is 5.56 Å². The molecule has 102 valence electrons. The van der Waals surface area contributed by atoms with E-state index in [4.69, 9.17) is 5.11 Å². The third kappa shape index (κ3) is 5.81. The van der Waals surface area contributed by atoms with Crippen molar-refractivity contribution in [3.05, 3.63) is 35.9 Å². The van der Waals surface area contributed by atoms with Gasteiger partial charge in [0.05, 0.1) is 12.5 Å². The highest BCUT2D eigenvalue weighted by Gasteiger charge is 2.20. The topological polar surface area (TPSA) is 83.5 Å². The van der Waals surface area contributed by atoms with E-state index >= 15 is 0 Å². The second-order valence-electron chi connectivity index (χ2n) is 4.30. The molecule has 0 fully saturated rings. The molecule has 2 N–H and O–H groups in total. The van der Waals surface area contributed by atoms with Crippen LogP contribution in [0.3, 0.4) is 0 Å². The maximum absolute atomic E-state index is 11.9. The summed E-state index contributed by atoms with van der Waals surface area (Å²) in [6.07, 6.45) is 0.0791. The van der Waals surface area contributed by atoms with E-state index in [1.807, 2.05) is 30.3 Å². The Morgan fingerprint density at radius 3 is 2.32 bits per heavy atom. The van der Waals surface area contributed by atoms with E-state index < -0.39 is 12.0 Å². The summed E-state index contributed by atoms with van der Waals surface area (Å²) in [7, 11) is 0. The van der Waals surface area contributed by atoms with Crippen molar-refractivity contribution in [1.29, 1.82) is 0 Å². The van der Waals surface area contributed by atoms with E-state index in [1.54, 1.807) is 0 Å². The largest absolute Gasteiger partial charge is 0.481 e. The molecule has 0 aromatic heterocycles. The van der Waals surface area contributed by atoms with Gasteiger partial charge in [-0.1, -0.05) is 30.3 Å². The van der Waals surface area contributed by atoms with Crippen LogP contribution in [0.5, 0.6) is 0 Å². The van der Waals surface area contributed by atoms with Crippen molar-refractivity contribution in [2.45, 2.75) is 32.2 Å². The highest BCUT2D eigenvalue weighted by atomic mass is 16.4. The van der Waals surface area contributed by atoms with Gasteiger partial charge in [-0.2, -0.15) is 0 Å². The molecule has 0 radical (unpaired) electrons. The SMILES string of the molecule is CC(=O)N[C@H](Cc1ccccc1)C(=O)CCC(=O)O. The first-order chi connectivity index (χ1) is 8.99. The van der Waals surface area contributed by atoms with Gasteiger partial charge in [0, 0.05) is 13.3 Å². The van der Waals surface area contributed by atoms with Crippen molar-refractivity contribution in [3.8, 4) is 0 Å². The number of benzene rings is 1. The predicted octanol–water partition coefficient (Wildman–Crippen LogP) is 1.17. The van der Waals surface area contributed by atoms with Gasteiger partial charge in [0.2, 0.25) is 5.91 Å². The molecule has 0 spiro atoms. The summed E-state index contributed by atoms with van der Waals surface area (Å²) in [6.45, 7) is 1.34. The lowest BCUT2D eigenvalue weighted by molar-refractivity contribution is -0.138. The fourth-order valence-electron chi connectivity index (χ4n) is 1.74. The minimum Gasteiger partial charge on any atom is -0.481 e. The highest BCUT2D eigenvalue weighted by molar-refractivity contribution is 5.90. The fourth-order valence-corrected chi connectivity index (χ4v) is 1.74. The first-order valence-corrected chi connectivity index (χ1v) is 6.04. The van der Waals surface area contributed by atoms with Crippen LogP contribution in [0.2, 0.25) is 0 Å². The minimum absolute atomic E-state index is 0.0763. The molecule has 5 heteroatoms. The van der Waals surface area contributed by atoms with Gasteiger partial charge in [-0.15, -0.1) is 0 Å². The Morgan fingerprint density at radius 2 is 1.79 bits per heavy atom. The summed E-state index contributed by atoms with van der Waals surface area (Å²) in [4.78, 5) is 33.5. The number of hydrogen-bond donors (Lipinski definition) is 2. The van der Waals surface area contributed by atoms with Gasteiger partial charge in [0.15, 0.2) is 5.78 Å². The zero-order chi connectivity index (χ0) is 14.3. The molecule has 1 rings (SSSR count). The van der Waals surface area contributed by atoms with Crippen LogP contribution in [0.4, 0.5) is 0 Å². The van der Waals surface area contributed by atoms with Crippen molar-refractivity contribution in [2.24, 2.45) is 0 Å². The number of aliphatic carboxylic acids is 1. The average Bonchev–Trinajstić information content (AvgIpc) is 2.36. The first kappa shape index (κ1) is 14.9. The van der Waals surface area contributed by atoms with Gasteiger partial charge in [0.25, 0.3) is 0 Å². The monoisotopic (exact) mass is 263 g/mol. The lowest BCUT2D eigenvalue weighted by Crippen LogP contribution is -2.41. The van der Waals surface area contributed by atoms with Crippen LogP contribution in [0.15, 0.2) is 30.3 Å². The van der Waals surface area contributed by atoms with Crippen molar-refractivity contribution in [2.75, 3.05) is 0 Å². The fraction of sp³-hybridized carbons (Fsp3) is 0.357. The van der Waals surface area contributed by atoms with E-state index in [-0.39, 0.29) is 24.5 Å². The van der Waals surface area contributed by atoms with Crippen LogP contribution in [0.25, 0.3) is 0 Å². The molecule has 0 saturated heterocycles. The van der Waals surface area contributed by atoms with Crippen molar-refractivity contribution >= 4 is 17.7 Å². The lowest BCUT2D eigenvalue weighted by atomic mass is 9.99.